The summed E-state index contributed by atoms with van der Waals surface area (Å²) in [5.74, 6) is 0. The van der Waals surface area contributed by atoms with Gasteiger partial charge in [0, 0.05) is 19.1 Å². The van der Waals surface area contributed by atoms with Crippen molar-refractivity contribution in [2.45, 2.75) is 16.7 Å². The van der Waals surface area contributed by atoms with Gasteiger partial charge in [0.15, 0.2) is 0 Å². The maximum Gasteiger partial charge on any atom is 0.252 e. The van der Waals surface area contributed by atoms with Gasteiger partial charge >= 0.3 is 0 Å². The smallest absolute Gasteiger partial charge is 0.252 e. The van der Waals surface area contributed by atoms with Gasteiger partial charge in [-0.05, 0) is 18.6 Å². The Balaban J connectivity index is 2.27. The first-order valence-corrected chi connectivity index (χ1v) is 7.14. The number of nitrogens with two attached hydrogens (primary N) is 1. The van der Waals surface area contributed by atoms with Crippen LogP contribution in [0.25, 0.3) is 0 Å². The zero-order chi connectivity index (χ0) is 11.1. The molecule has 0 amide bonds. The van der Waals surface area contributed by atoms with E-state index in [2.05, 4.69) is 0 Å². The van der Waals surface area contributed by atoms with Gasteiger partial charge in [-0.3, -0.25) is 0 Å². The fourth-order valence-electron chi connectivity index (χ4n) is 1.54. The Bertz CT molecular complexity index is 457. The van der Waals surface area contributed by atoms with Gasteiger partial charge in [-0.15, -0.1) is 11.3 Å². The molecule has 1 saturated heterocycles. The molecule has 1 atom stereocenters. The molecule has 84 valence electrons. The van der Waals surface area contributed by atoms with Crippen LogP contribution >= 0.6 is 22.9 Å². The Kier molecular flexibility index (Phi) is 3.05. The van der Waals surface area contributed by atoms with E-state index in [1.165, 1.54) is 10.4 Å². The molecule has 2 N–H and O–H groups in total. The van der Waals surface area contributed by atoms with E-state index in [1.807, 2.05) is 0 Å². The van der Waals surface area contributed by atoms with Crippen LogP contribution in [0.2, 0.25) is 4.34 Å². The van der Waals surface area contributed by atoms with Crippen molar-refractivity contribution in [2.75, 3.05) is 13.1 Å². The van der Waals surface area contributed by atoms with Crippen LogP contribution in [0.15, 0.2) is 16.3 Å². The second kappa shape index (κ2) is 4.03. The number of hydrogen-bond donors (Lipinski definition) is 1. The molecule has 1 aliphatic rings. The summed E-state index contributed by atoms with van der Waals surface area (Å²) in [6.45, 7) is 0.900. The van der Waals surface area contributed by atoms with Crippen LogP contribution in [0.3, 0.4) is 0 Å². The molecule has 1 fully saturated rings. The molecule has 2 heterocycles. The van der Waals surface area contributed by atoms with Crippen molar-refractivity contribution in [3.8, 4) is 0 Å². The van der Waals surface area contributed by atoms with Crippen molar-refractivity contribution in [3.05, 3.63) is 16.5 Å². The fourth-order valence-corrected chi connectivity index (χ4v) is 4.68. The van der Waals surface area contributed by atoms with E-state index < -0.39 is 10.0 Å². The second-order valence-electron chi connectivity index (χ2n) is 3.47. The van der Waals surface area contributed by atoms with Crippen LogP contribution in [-0.4, -0.2) is 31.9 Å². The molecule has 0 bridgehead atoms. The predicted molar refractivity (Wildman–Crippen MR) is 60.7 cm³/mol. The highest BCUT2D eigenvalue weighted by atomic mass is 35.5. The quantitative estimate of drug-likeness (QED) is 0.873. The van der Waals surface area contributed by atoms with Gasteiger partial charge < -0.3 is 5.73 Å². The molecule has 1 aromatic rings. The van der Waals surface area contributed by atoms with Crippen LogP contribution in [0, 0.1) is 0 Å². The highest BCUT2D eigenvalue weighted by Gasteiger charge is 2.31. The summed E-state index contributed by atoms with van der Waals surface area (Å²) >= 11 is 6.79. The third kappa shape index (κ3) is 2.19. The molecular weight excluding hydrogens is 256 g/mol. The highest BCUT2D eigenvalue weighted by molar-refractivity contribution is 7.91. The first kappa shape index (κ1) is 11.3. The van der Waals surface area contributed by atoms with Gasteiger partial charge in [0.25, 0.3) is 10.0 Å². The number of nitrogens with zero attached hydrogens (tertiary/aromatic N) is 1. The summed E-state index contributed by atoms with van der Waals surface area (Å²) in [4.78, 5) is 0. The molecule has 15 heavy (non-hydrogen) atoms. The average molecular weight is 267 g/mol. The first-order valence-electron chi connectivity index (χ1n) is 4.51. The molecule has 7 heteroatoms. The lowest BCUT2D eigenvalue weighted by Crippen LogP contribution is -2.31. The largest absolute Gasteiger partial charge is 0.326 e. The second-order valence-corrected chi connectivity index (χ2v) is 7.35. The van der Waals surface area contributed by atoms with E-state index in [0.717, 1.165) is 17.8 Å². The summed E-state index contributed by atoms with van der Waals surface area (Å²) in [5, 5.41) is 0. The minimum absolute atomic E-state index is 0.0461. The minimum Gasteiger partial charge on any atom is -0.326 e. The van der Waals surface area contributed by atoms with Crippen LogP contribution in [0.5, 0.6) is 0 Å². The van der Waals surface area contributed by atoms with Crippen molar-refractivity contribution in [1.82, 2.24) is 4.31 Å². The lowest BCUT2D eigenvalue weighted by Gasteiger charge is -2.13. The summed E-state index contributed by atoms with van der Waals surface area (Å²) < 4.78 is 26.2. The SMILES string of the molecule is N[C@@H]1CCN(S(=O)(=O)c2ccc(Cl)s2)C1. The molecule has 0 unspecified atom stereocenters. The van der Waals surface area contributed by atoms with Gasteiger partial charge in [0.2, 0.25) is 0 Å². The maximum absolute atomic E-state index is 12.0. The van der Waals surface area contributed by atoms with Gasteiger partial charge in [-0.1, -0.05) is 11.6 Å². The van der Waals surface area contributed by atoms with Gasteiger partial charge in [-0.2, -0.15) is 4.31 Å². The molecule has 2 rings (SSSR count). The molecule has 1 aromatic heterocycles. The van der Waals surface area contributed by atoms with Crippen LogP contribution in [0.4, 0.5) is 0 Å². The average Bonchev–Trinajstić information content (AvgIpc) is 2.74. The third-order valence-corrected chi connectivity index (χ3v) is 5.89. The van der Waals surface area contributed by atoms with Crippen molar-refractivity contribution >= 4 is 33.0 Å². The Morgan fingerprint density at radius 1 is 1.53 bits per heavy atom. The van der Waals surface area contributed by atoms with Crippen molar-refractivity contribution in [1.29, 1.82) is 0 Å². The number of sulfonamides is 1. The van der Waals surface area contributed by atoms with Gasteiger partial charge in [-0.25, -0.2) is 8.42 Å². The minimum atomic E-state index is -3.36. The summed E-state index contributed by atoms with van der Waals surface area (Å²) in [6, 6.07) is 3.08. The molecular formula is C8H11ClN2O2S2. The van der Waals surface area contributed by atoms with Gasteiger partial charge in [0.1, 0.15) is 4.21 Å². The van der Waals surface area contributed by atoms with E-state index in [1.54, 1.807) is 6.07 Å². The Morgan fingerprint density at radius 3 is 2.73 bits per heavy atom. The fraction of sp³-hybridized carbons (Fsp3) is 0.500. The first-order chi connectivity index (χ1) is 7.00. The topological polar surface area (TPSA) is 63.4 Å². The molecule has 0 aliphatic carbocycles. The molecule has 0 radical (unpaired) electrons. The van der Waals surface area contributed by atoms with Crippen LogP contribution in [-0.2, 0) is 10.0 Å². The van der Waals surface area contributed by atoms with E-state index in [0.29, 0.717) is 21.6 Å². The summed E-state index contributed by atoms with van der Waals surface area (Å²) in [5.41, 5.74) is 5.68. The summed E-state index contributed by atoms with van der Waals surface area (Å²) in [6.07, 6.45) is 0.721. The Morgan fingerprint density at radius 2 is 2.27 bits per heavy atom. The zero-order valence-electron chi connectivity index (χ0n) is 7.89. The third-order valence-electron chi connectivity index (χ3n) is 2.33. The zero-order valence-corrected chi connectivity index (χ0v) is 10.3. The maximum atomic E-state index is 12.0. The molecule has 0 spiro atoms. The van der Waals surface area contributed by atoms with Gasteiger partial charge in [0.05, 0.1) is 4.34 Å². The number of hydrogen-bond acceptors (Lipinski definition) is 4. The molecule has 0 aromatic carbocycles. The molecule has 0 saturated carbocycles. The van der Waals surface area contributed by atoms with E-state index >= 15 is 0 Å². The van der Waals surface area contributed by atoms with Crippen molar-refractivity contribution in [3.63, 3.8) is 0 Å². The summed E-state index contributed by atoms with van der Waals surface area (Å²) in [7, 11) is -3.36. The molecule has 4 nitrogen and oxygen atoms in total. The standard InChI is InChI=1S/C8H11ClN2O2S2/c9-7-1-2-8(14-7)15(12,13)11-4-3-6(10)5-11/h1-2,6H,3-5,10H2/t6-/m1/s1. The number of rotatable bonds is 2. The Hall–Kier alpha value is -0.140. The van der Waals surface area contributed by atoms with Crippen LogP contribution < -0.4 is 5.73 Å². The molecule has 1 aliphatic heterocycles. The van der Waals surface area contributed by atoms with Crippen LogP contribution in [0.1, 0.15) is 6.42 Å². The highest BCUT2D eigenvalue weighted by Crippen LogP contribution is 2.29. The number of thiophene rings is 1. The monoisotopic (exact) mass is 266 g/mol. The lowest BCUT2D eigenvalue weighted by atomic mass is 10.3. The normalized spacial score (nSPS) is 23.5. The van der Waals surface area contributed by atoms with E-state index in [-0.39, 0.29) is 6.04 Å². The van der Waals surface area contributed by atoms with E-state index in [9.17, 15) is 8.42 Å². The van der Waals surface area contributed by atoms with E-state index in [4.69, 9.17) is 17.3 Å². The Labute approximate surface area is 97.7 Å². The van der Waals surface area contributed by atoms with Crippen molar-refractivity contribution < 1.29 is 8.42 Å². The number of halogens is 1. The van der Waals surface area contributed by atoms with Crippen molar-refractivity contribution in [2.24, 2.45) is 5.73 Å². The predicted octanol–water partition coefficient (Wildman–Crippen LogP) is 1.12. The lowest BCUT2D eigenvalue weighted by molar-refractivity contribution is 0.474.